The van der Waals surface area contributed by atoms with Gasteiger partial charge in [0.25, 0.3) is 0 Å². The second-order valence-electron chi connectivity index (χ2n) is 4.41. The highest BCUT2D eigenvalue weighted by Crippen LogP contribution is 2.07. The van der Waals surface area contributed by atoms with E-state index in [-0.39, 0.29) is 6.04 Å². The molecule has 2 N–H and O–H groups in total. The Bertz CT molecular complexity index is 186. The summed E-state index contributed by atoms with van der Waals surface area (Å²) in [6.07, 6.45) is -0.406. The van der Waals surface area contributed by atoms with Gasteiger partial charge in [0.05, 0.1) is 12.1 Å². The monoisotopic (exact) mass is 203 g/mol. The van der Waals surface area contributed by atoms with E-state index in [2.05, 4.69) is 5.32 Å². The van der Waals surface area contributed by atoms with E-state index in [1.54, 1.807) is 27.7 Å². The maximum Gasteiger partial charge on any atom is 0.407 e. The van der Waals surface area contributed by atoms with Crippen LogP contribution in [0.4, 0.5) is 4.79 Å². The van der Waals surface area contributed by atoms with Crippen molar-refractivity contribution in [2.24, 2.45) is 0 Å². The van der Waals surface area contributed by atoms with Crippen molar-refractivity contribution in [1.29, 1.82) is 0 Å². The van der Waals surface area contributed by atoms with Crippen LogP contribution in [0.15, 0.2) is 0 Å². The Morgan fingerprint density at radius 2 is 2.00 bits per heavy atom. The minimum Gasteiger partial charge on any atom is -0.444 e. The molecule has 0 aromatic rings. The van der Waals surface area contributed by atoms with Gasteiger partial charge < -0.3 is 15.2 Å². The van der Waals surface area contributed by atoms with Gasteiger partial charge in [0.1, 0.15) is 5.60 Å². The van der Waals surface area contributed by atoms with Crippen LogP contribution in [0.25, 0.3) is 0 Å². The SMILES string of the molecule is CC[C@@H](O)[C@H](C)NC(=O)OC(C)(C)C. The third-order valence-corrected chi connectivity index (χ3v) is 1.74. The molecule has 14 heavy (non-hydrogen) atoms. The Balaban J connectivity index is 3.95. The number of amides is 1. The van der Waals surface area contributed by atoms with Gasteiger partial charge >= 0.3 is 6.09 Å². The van der Waals surface area contributed by atoms with Gasteiger partial charge in [-0.25, -0.2) is 4.79 Å². The molecule has 0 aromatic carbocycles. The molecule has 0 spiro atoms. The fourth-order valence-electron chi connectivity index (χ4n) is 0.943. The summed E-state index contributed by atoms with van der Waals surface area (Å²) >= 11 is 0. The van der Waals surface area contributed by atoms with Gasteiger partial charge in [-0.1, -0.05) is 6.92 Å². The lowest BCUT2D eigenvalue weighted by Gasteiger charge is -2.23. The number of ether oxygens (including phenoxy) is 1. The zero-order valence-electron chi connectivity index (χ0n) is 9.63. The van der Waals surface area contributed by atoms with Crippen LogP contribution in [0.1, 0.15) is 41.0 Å². The lowest BCUT2D eigenvalue weighted by atomic mass is 10.1. The van der Waals surface area contributed by atoms with Crippen molar-refractivity contribution in [2.75, 3.05) is 0 Å². The maximum absolute atomic E-state index is 11.2. The molecule has 4 nitrogen and oxygen atoms in total. The number of nitrogens with one attached hydrogen (secondary N) is 1. The summed E-state index contributed by atoms with van der Waals surface area (Å²) in [6, 6.07) is -0.283. The quantitative estimate of drug-likeness (QED) is 0.733. The van der Waals surface area contributed by atoms with Gasteiger partial charge in [0.15, 0.2) is 0 Å². The molecule has 0 unspecified atom stereocenters. The summed E-state index contributed by atoms with van der Waals surface area (Å²) in [5, 5.41) is 12.0. The highest BCUT2D eigenvalue weighted by molar-refractivity contribution is 5.68. The van der Waals surface area contributed by atoms with Crippen LogP contribution in [0.3, 0.4) is 0 Å². The summed E-state index contributed by atoms with van der Waals surface area (Å²) in [7, 11) is 0. The lowest BCUT2D eigenvalue weighted by molar-refractivity contribution is 0.0433. The first-order valence-electron chi connectivity index (χ1n) is 4.94. The normalized spacial score (nSPS) is 15.9. The van der Waals surface area contributed by atoms with Crippen molar-refractivity contribution in [2.45, 2.75) is 58.8 Å². The highest BCUT2D eigenvalue weighted by Gasteiger charge is 2.20. The molecule has 0 bridgehead atoms. The van der Waals surface area contributed by atoms with E-state index in [1.807, 2.05) is 6.92 Å². The Labute approximate surface area is 85.6 Å². The average molecular weight is 203 g/mol. The Morgan fingerprint density at radius 3 is 2.36 bits per heavy atom. The smallest absolute Gasteiger partial charge is 0.407 e. The van der Waals surface area contributed by atoms with Crippen LogP contribution >= 0.6 is 0 Å². The molecule has 4 heteroatoms. The lowest BCUT2D eigenvalue weighted by Crippen LogP contribution is -2.43. The molecule has 2 atom stereocenters. The summed E-state index contributed by atoms with van der Waals surface area (Å²) in [5.74, 6) is 0. The topological polar surface area (TPSA) is 58.6 Å². The zero-order valence-corrected chi connectivity index (χ0v) is 9.63. The molecule has 0 rings (SSSR count). The van der Waals surface area contributed by atoms with Crippen molar-refractivity contribution in [3.63, 3.8) is 0 Å². The van der Waals surface area contributed by atoms with Gasteiger partial charge in [0, 0.05) is 0 Å². The summed E-state index contributed by atoms with van der Waals surface area (Å²) in [5.41, 5.74) is -0.499. The molecule has 0 saturated heterocycles. The predicted octanol–water partition coefficient (Wildman–Crippen LogP) is 1.67. The fourth-order valence-corrected chi connectivity index (χ4v) is 0.943. The van der Waals surface area contributed by atoms with E-state index in [4.69, 9.17) is 4.74 Å². The molecular formula is C10H21NO3. The highest BCUT2D eigenvalue weighted by atomic mass is 16.6. The van der Waals surface area contributed by atoms with E-state index in [1.165, 1.54) is 0 Å². The first-order chi connectivity index (χ1) is 6.26. The summed E-state index contributed by atoms with van der Waals surface area (Å²) in [6.45, 7) is 9.00. The third-order valence-electron chi connectivity index (χ3n) is 1.74. The van der Waals surface area contributed by atoms with Gasteiger partial charge in [-0.05, 0) is 34.1 Å². The van der Waals surface area contributed by atoms with Gasteiger partial charge in [0.2, 0.25) is 0 Å². The van der Waals surface area contributed by atoms with Crippen LogP contribution in [-0.2, 0) is 4.74 Å². The Hall–Kier alpha value is -0.770. The molecule has 0 heterocycles. The van der Waals surface area contributed by atoms with Crippen LogP contribution < -0.4 is 5.32 Å². The van der Waals surface area contributed by atoms with Crippen LogP contribution in [0.5, 0.6) is 0 Å². The second-order valence-corrected chi connectivity index (χ2v) is 4.41. The number of carbonyl (C=O) groups is 1. The molecule has 84 valence electrons. The minimum absolute atomic E-state index is 0.283. The Morgan fingerprint density at radius 1 is 1.50 bits per heavy atom. The van der Waals surface area contributed by atoms with Gasteiger partial charge in [-0.2, -0.15) is 0 Å². The third kappa shape index (κ3) is 5.80. The number of alkyl carbamates (subject to hydrolysis) is 1. The van der Waals surface area contributed by atoms with Gasteiger partial charge in [-0.3, -0.25) is 0 Å². The number of hydrogen-bond donors (Lipinski definition) is 2. The first kappa shape index (κ1) is 13.2. The predicted molar refractivity (Wildman–Crippen MR) is 55.1 cm³/mol. The number of rotatable bonds is 3. The zero-order chi connectivity index (χ0) is 11.4. The van der Waals surface area contributed by atoms with Crippen molar-refractivity contribution in [3.8, 4) is 0 Å². The molecule has 0 fully saturated rings. The average Bonchev–Trinajstić information content (AvgIpc) is 1.99. The molecule has 0 aliphatic rings. The molecule has 0 saturated carbocycles. The van der Waals surface area contributed by atoms with Crippen molar-refractivity contribution < 1.29 is 14.6 Å². The number of carbonyl (C=O) groups excluding carboxylic acids is 1. The van der Waals surface area contributed by atoms with Gasteiger partial charge in [-0.15, -0.1) is 0 Å². The van der Waals surface area contributed by atoms with Crippen LogP contribution in [0.2, 0.25) is 0 Å². The standard InChI is InChI=1S/C10H21NO3/c1-6-8(12)7(2)11-9(13)14-10(3,4)5/h7-8,12H,6H2,1-5H3,(H,11,13)/t7-,8+/m0/s1. The maximum atomic E-state index is 11.2. The van der Waals surface area contributed by atoms with Crippen molar-refractivity contribution in [1.82, 2.24) is 5.32 Å². The largest absolute Gasteiger partial charge is 0.444 e. The summed E-state index contributed by atoms with van der Waals surface area (Å²) in [4.78, 5) is 11.2. The minimum atomic E-state index is -0.525. The molecular weight excluding hydrogens is 182 g/mol. The van der Waals surface area contributed by atoms with Crippen molar-refractivity contribution in [3.05, 3.63) is 0 Å². The fraction of sp³-hybridized carbons (Fsp3) is 0.900. The molecule has 0 aliphatic carbocycles. The van der Waals surface area contributed by atoms with Crippen LogP contribution in [-0.4, -0.2) is 28.9 Å². The first-order valence-corrected chi connectivity index (χ1v) is 4.94. The number of aliphatic hydroxyl groups excluding tert-OH is 1. The molecule has 0 radical (unpaired) electrons. The molecule has 1 amide bonds. The molecule has 0 aromatic heterocycles. The number of hydrogen-bond acceptors (Lipinski definition) is 3. The van der Waals surface area contributed by atoms with Crippen LogP contribution in [0, 0.1) is 0 Å². The number of aliphatic hydroxyl groups is 1. The van der Waals surface area contributed by atoms with E-state index in [0.717, 1.165) is 0 Å². The molecule has 0 aliphatic heterocycles. The second kappa shape index (κ2) is 5.20. The Kier molecular flexibility index (Phi) is 4.91. The van der Waals surface area contributed by atoms with E-state index in [9.17, 15) is 9.90 Å². The van der Waals surface area contributed by atoms with E-state index >= 15 is 0 Å². The van der Waals surface area contributed by atoms with E-state index < -0.39 is 17.8 Å². The van der Waals surface area contributed by atoms with E-state index in [0.29, 0.717) is 6.42 Å². The summed E-state index contributed by atoms with van der Waals surface area (Å²) < 4.78 is 5.04. The van der Waals surface area contributed by atoms with Crippen molar-refractivity contribution >= 4 is 6.09 Å².